The summed E-state index contributed by atoms with van der Waals surface area (Å²) in [7, 11) is 1.38. The van der Waals surface area contributed by atoms with E-state index >= 15 is 0 Å². The van der Waals surface area contributed by atoms with E-state index in [9.17, 15) is 9.59 Å². The van der Waals surface area contributed by atoms with Crippen molar-refractivity contribution >= 4 is 11.9 Å². The highest BCUT2D eigenvalue weighted by atomic mass is 16.5. The number of esters is 1. The molecule has 1 rings (SSSR count). The van der Waals surface area contributed by atoms with E-state index in [0.717, 1.165) is 25.7 Å². The molecule has 0 aromatic carbocycles. The van der Waals surface area contributed by atoms with Gasteiger partial charge in [-0.3, -0.25) is 9.59 Å². The molecular weight excluding hydrogens is 232 g/mol. The van der Waals surface area contributed by atoms with Gasteiger partial charge in [0.2, 0.25) is 5.91 Å². The lowest BCUT2D eigenvalue weighted by Gasteiger charge is -2.36. The van der Waals surface area contributed by atoms with Gasteiger partial charge in [0.1, 0.15) is 0 Å². The molecule has 0 saturated carbocycles. The van der Waals surface area contributed by atoms with Crippen LogP contribution < -0.4 is 5.73 Å². The summed E-state index contributed by atoms with van der Waals surface area (Å²) in [4.78, 5) is 25.3. The normalized spacial score (nSPS) is 21.5. The number of carbonyl (C=O) groups excluding carboxylic acids is 2. The van der Waals surface area contributed by atoms with Crippen molar-refractivity contribution in [2.45, 2.75) is 57.5 Å². The van der Waals surface area contributed by atoms with E-state index in [1.807, 2.05) is 6.92 Å². The zero-order valence-electron chi connectivity index (χ0n) is 11.4. The smallest absolute Gasteiger partial charge is 0.307 e. The van der Waals surface area contributed by atoms with Crippen LogP contribution in [0.2, 0.25) is 0 Å². The molecule has 5 nitrogen and oxygen atoms in total. The zero-order valence-corrected chi connectivity index (χ0v) is 11.4. The average molecular weight is 256 g/mol. The van der Waals surface area contributed by atoms with Gasteiger partial charge in [0.15, 0.2) is 0 Å². The summed E-state index contributed by atoms with van der Waals surface area (Å²) in [5, 5.41) is 0. The number of nitrogens with two attached hydrogens (primary N) is 1. The molecule has 0 radical (unpaired) electrons. The maximum absolute atomic E-state index is 12.2. The standard InChI is InChI=1S/C13H24N2O3/c1-3-6-11(14)13(17)15-8-5-4-7-10(15)9-12(16)18-2/h10-11H,3-9,14H2,1-2H3. The Morgan fingerprint density at radius 1 is 1.44 bits per heavy atom. The van der Waals surface area contributed by atoms with Gasteiger partial charge in [-0.1, -0.05) is 13.3 Å². The third-order valence-electron chi connectivity index (χ3n) is 3.46. The van der Waals surface area contributed by atoms with Crippen molar-refractivity contribution in [3.05, 3.63) is 0 Å². The zero-order chi connectivity index (χ0) is 13.5. The molecule has 0 aliphatic carbocycles. The minimum atomic E-state index is -0.437. The monoisotopic (exact) mass is 256 g/mol. The quantitative estimate of drug-likeness (QED) is 0.746. The Kier molecular flexibility index (Phi) is 6.12. The van der Waals surface area contributed by atoms with E-state index in [-0.39, 0.29) is 24.3 Å². The second kappa shape index (κ2) is 7.36. The minimum Gasteiger partial charge on any atom is -0.469 e. The molecule has 1 heterocycles. The van der Waals surface area contributed by atoms with Crippen LogP contribution in [0.1, 0.15) is 45.4 Å². The molecule has 18 heavy (non-hydrogen) atoms. The van der Waals surface area contributed by atoms with Crippen LogP contribution in [0.25, 0.3) is 0 Å². The molecule has 0 bridgehead atoms. The fourth-order valence-electron chi connectivity index (χ4n) is 2.43. The predicted octanol–water partition coefficient (Wildman–Crippen LogP) is 1.06. The minimum absolute atomic E-state index is 0.0227. The summed E-state index contributed by atoms with van der Waals surface area (Å²) in [6.07, 6.45) is 4.76. The van der Waals surface area contributed by atoms with Crippen LogP contribution in [0.15, 0.2) is 0 Å². The van der Waals surface area contributed by atoms with Crippen LogP contribution in [-0.4, -0.2) is 42.5 Å². The van der Waals surface area contributed by atoms with Gasteiger partial charge in [-0.15, -0.1) is 0 Å². The first-order valence-electron chi connectivity index (χ1n) is 6.73. The molecular formula is C13H24N2O3. The van der Waals surface area contributed by atoms with Gasteiger partial charge >= 0.3 is 5.97 Å². The molecule has 1 saturated heterocycles. The van der Waals surface area contributed by atoms with E-state index in [0.29, 0.717) is 13.0 Å². The molecule has 2 N–H and O–H groups in total. The maximum Gasteiger partial charge on any atom is 0.307 e. The molecule has 2 unspecified atom stereocenters. The maximum atomic E-state index is 12.2. The number of carbonyl (C=O) groups is 2. The van der Waals surface area contributed by atoms with Crippen LogP contribution in [0.4, 0.5) is 0 Å². The molecule has 0 spiro atoms. The molecule has 2 atom stereocenters. The fourth-order valence-corrected chi connectivity index (χ4v) is 2.43. The van der Waals surface area contributed by atoms with Crippen molar-refractivity contribution in [2.24, 2.45) is 5.73 Å². The van der Waals surface area contributed by atoms with E-state index in [4.69, 9.17) is 5.73 Å². The van der Waals surface area contributed by atoms with Crippen LogP contribution in [0.3, 0.4) is 0 Å². The fraction of sp³-hybridized carbons (Fsp3) is 0.846. The number of likely N-dealkylation sites (tertiary alicyclic amines) is 1. The first-order chi connectivity index (χ1) is 8.60. The van der Waals surface area contributed by atoms with Crippen molar-refractivity contribution in [2.75, 3.05) is 13.7 Å². The molecule has 5 heteroatoms. The Morgan fingerprint density at radius 3 is 2.78 bits per heavy atom. The van der Waals surface area contributed by atoms with E-state index in [1.165, 1.54) is 7.11 Å². The highest BCUT2D eigenvalue weighted by Gasteiger charge is 2.31. The van der Waals surface area contributed by atoms with Gasteiger partial charge in [-0.2, -0.15) is 0 Å². The second-order valence-electron chi connectivity index (χ2n) is 4.86. The first-order valence-corrected chi connectivity index (χ1v) is 6.73. The van der Waals surface area contributed by atoms with Gasteiger partial charge in [0.25, 0.3) is 0 Å². The Labute approximate surface area is 109 Å². The number of nitrogens with zero attached hydrogens (tertiary/aromatic N) is 1. The number of hydrogen-bond donors (Lipinski definition) is 1. The predicted molar refractivity (Wildman–Crippen MR) is 68.9 cm³/mol. The topological polar surface area (TPSA) is 72.6 Å². The number of amides is 1. The van der Waals surface area contributed by atoms with Crippen LogP contribution >= 0.6 is 0 Å². The third-order valence-corrected chi connectivity index (χ3v) is 3.46. The van der Waals surface area contributed by atoms with Gasteiger partial charge in [-0.25, -0.2) is 0 Å². The summed E-state index contributed by atoms with van der Waals surface area (Å²) < 4.78 is 4.68. The Bertz CT molecular complexity index is 294. The van der Waals surface area contributed by atoms with Crippen LogP contribution in [0.5, 0.6) is 0 Å². The summed E-state index contributed by atoms with van der Waals surface area (Å²) in [5.41, 5.74) is 5.88. The Hall–Kier alpha value is -1.10. The number of rotatable bonds is 5. The van der Waals surface area contributed by atoms with Crippen molar-refractivity contribution in [1.82, 2.24) is 4.90 Å². The first kappa shape index (κ1) is 15.0. The van der Waals surface area contributed by atoms with E-state index in [1.54, 1.807) is 4.90 Å². The number of piperidine rings is 1. The lowest BCUT2D eigenvalue weighted by Crippen LogP contribution is -2.51. The Balaban J connectivity index is 2.63. The van der Waals surface area contributed by atoms with Crippen LogP contribution in [0, 0.1) is 0 Å². The SMILES string of the molecule is CCCC(N)C(=O)N1CCCCC1CC(=O)OC. The lowest BCUT2D eigenvalue weighted by atomic mass is 9.97. The van der Waals surface area contributed by atoms with Gasteiger partial charge in [-0.05, 0) is 25.7 Å². The summed E-state index contributed by atoms with van der Waals surface area (Å²) in [6.45, 7) is 2.72. The summed E-state index contributed by atoms with van der Waals surface area (Å²) >= 11 is 0. The molecule has 0 aromatic heterocycles. The number of ether oxygens (including phenoxy) is 1. The van der Waals surface area contributed by atoms with E-state index < -0.39 is 6.04 Å². The highest BCUT2D eigenvalue weighted by Crippen LogP contribution is 2.21. The van der Waals surface area contributed by atoms with Crippen molar-refractivity contribution < 1.29 is 14.3 Å². The largest absolute Gasteiger partial charge is 0.469 e. The molecule has 1 aliphatic heterocycles. The van der Waals surface area contributed by atoms with Crippen LogP contribution in [-0.2, 0) is 14.3 Å². The number of hydrogen-bond acceptors (Lipinski definition) is 4. The average Bonchev–Trinajstić information content (AvgIpc) is 2.38. The third kappa shape index (κ3) is 3.98. The molecule has 0 aromatic rings. The lowest BCUT2D eigenvalue weighted by molar-refractivity contribution is -0.145. The van der Waals surface area contributed by atoms with Crippen molar-refractivity contribution in [3.8, 4) is 0 Å². The van der Waals surface area contributed by atoms with Crippen molar-refractivity contribution in [3.63, 3.8) is 0 Å². The van der Waals surface area contributed by atoms with Gasteiger partial charge < -0.3 is 15.4 Å². The van der Waals surface area contributed by atoms with Gasteiger partial charge in [0, 0.05) is 12.6 Å². The summed E-state index contributed by atoms with van der Waals surface area (Å²) in [5.74, 6) is -0.283. The van der Waals surface area contributed by atoms with Gasteiger partial charge in [0.05, 0.1) is 19.6 Å². The summed E-state index contributed by atoms with van der Waals surface area (Å²) in [6, 6.07) is -0.477. The molecule has 1 fully saturated rings. The van der Waals surface area contributed by atoms with E-state index in [2.05, 4.69) is 4.74 Å². The molecule has 1 aliphatic rings. The molecule has 1 amide bonds. The number of methoxy groups -OCH3 is 1. The van der Waals surface area contributed by atoms with Crippen molar-refractivity contribution in [1.29, 1.82) is 0 Å². The Morgan fingerprint density at radius 2 is 2.17 bits per heavy atom. The second-order valence-corrected chi connectivity index (χ2v) is 4.86. The highest BCUT2D eigenvalue weighted by molar-refractivity contribution is 5.82. The molecule has 104 valence electrons.